The highest BCUT2D eigenvalue weighted by molar-refractivity contribution is 6.11. The average Bonchev–Trinajstić information content (AvgIpc) is 0.918. The second kappa shape index (κ2) is 28.9. The summed E-state index contributed by atoms with van der Waals surface area (Å²) in [5, 5.41) is 21.4. The molecule has 10 aromatic carbocycles. The molecule has 0 spiro atoms. The molecule has 0 aliphatic heterocycles. The number of esters is 1. The summed E-state index contributed by atoms with van der Waals surface area (Å²) in [6, 6.07) is 83.5. The van der Waals surface area contributed by atoms with Crippen molar-refractivity contribution in [1.82, 2.24) is 0 Å². The lowest BCUT2D eigenvalue weighted by atomic mass is 9.44. The van der Waals surface area contributed by atoms with Crippen LogP contribution in [-0.2, 0) is 44.2 Å². The molecule has 10 atom stereocenters. The van der Waals surface area contributed by atoms with Gasteiger partial charge in [-0.25, -0.2) is 0 Å². The van der Waals surface area contributed by atoms with Gasteiger partial charge in [0.2, 0.25) is 0 Å². The Hall–Kier alpha value is -10.5. The number of carbonyl (C=O) groups is 4. The second-order valence-corrected chi connectivity index (χ2v) is 31.4. The van der Waals surface area contributed by atoms with E-state index in [0.29, 0.717) is 57.5 Å². The summed E-state index contributed by atoms with van der Waals surface area (Å²) in [5.74, 6) is 2.96. The van der Waals surface area contributed by atoms with Crippen molar-refractivity contribution in [1.29, 1.82) is 0 Å². The Labute approximate surface area is 634 Å². The van der Waals surface area contributed by atoms with Crippen LogP contribution < -0.4 is 9.47 Å². The highest BCUT2D eigenvalue weighted by atomic mass is 16.7. The lowest BCUT2D eigenvalue weighted by Gasteiger charge is -2.58. The van der Waals surface area contributed by atoms with Gasteiger partial charge in [0.05, 0.1) is 10.8 Å². The smallest absolute Gasteiger partial charge is 0.306 e. The SMILES string of the molecule is CC(CCC(=O)OC1c2ccccc2-c2ccccc21)C1CCC2C3C(=O)CC4CC(=O)CCC4(C)C3CC(=O)C12C.CCOC(C)Oc1ccc(C2(c3ccc(O)cc3)c3ccccc3C(=C3c4ccccc4C(c4ccc(O)cc4)(c4ccc(OC(C)OCC)cc4)c4ccccc43)c3ccccc32)cc1. The molecule has 11 nitrogen and oxygen atoms in total. The highest BCUT2D eigenvalue weighted by Gasteiger charge is 2.66. The molecule has 0 radical (unpaired) electrons. The van der Waals surface area contributed by atoms with E-state index < -0.39 is 28.8 Å². The fraction of sp³-hybridized carbons (Fsp3) is 0.320. The summed E-state index contributed by atoms with van der Waals surface area (Å²) in [6.45, 7) is 15.4. The standard InChI is InChI=1S/C60H52O6.C37H42O5/c1-5-63-39(3)65-47-35-27-43(28-36-47)59(41-23-31-45(61)32-24-41)53-19-11-7-15-49(53)57(50-16-8-12-20-54(50)59)58-51-17-9-13-21-55(51)60(42-25-33-46(62)34-26-42,56-22-14-10-18-52(56)58)44-29-37-48(38-30-44)66-40(4)64-6-2;1-21(12-15-33(41)42-35-26-10-6-4-8-24(26)25-9-5-7-11-27(25)35)28-13-14-29-34-30(20-32(40)37(28,29)3)36(2)17-16-23(38)18-22(36)19-31(34)39/h7-40,61-62H,5-6H2,1-4H3;4-11,21-22,28-30,34-35H,12-20H2,1-3H3. The molecule has 10 unspecified atom stereocenters. The van der Waals surface area contributed by atoms with E-state index in [0.717, 1.165) is 131 Å². The number of carbonyl (C=O) groups excluding carboxylic acids is 4. The molecule has 0 aromatic heterocycles. The summed E-state index contributed by atoms with van der Waals surface area (Å²) in [5.41, 5.74) is 17.5. The maximum Gasteiger partial charge on any atom is 0.306 e. The van der Waals surface area contributed by atoms with Gasteiger partial charge in [-0.2, -0.15) is 0 Å². The Morgan fingerprint density at radius 1 is 0.472 bits per heavy atom. The van der Waals surface area contributed by atoms with Crippen LogP contribution >= 0.6 is 0 Å². The Balaban J connectivity index is 0.000000182. The van der Waals surface area contributed by atoms with Crippen LogP contribution in [0.3, 0.4) is 0 Å². The van der Waals surface area contributed by atoms with Crippen molar-refractivity contribution in [2.24, 2.45) is 46.3 Å². The van der Waals surface area contributed by atoms with Crippen molar-refractivity contribution in [2.45, 2.75) is 136 Å². The van der Waals surface area contributed by atoms with Crippen LogP contribution in [0.15, 0.2) is 243 Å². The first kappa shape index (κ1) is 71.8. The van der Waals surface area contributed by atoms with E-state index >= 15 is 0 Å². The van der Waals surface area contributed by atoms with Crippen molar-refractivity contribution in [3.8, 4) is 34.1 Å². The normalized spacial score (nSPS) is 25.0. The topological polar surface area (TPSA) is 155 Å². The molecule has 0 heterocycles. The predicted molar refractivity (Wildman–Crippen MR) is 420 cm³/mol. The van der Waals surface area contributed by atoms with Crippen LogP contribution in [-0.4, -0.2) is 59.3 Å². The number of ether oxygens (including phenoxy) is 5. The molecular weight excluding hydrogens is 1340 g/mol. The van der Waals surface area contributed by atoms with E-state index in [1.807, 2.05) is 113 Å². The zero-order valence-corrected chi connectivity index (χ0v) is 62.6. The van der Waals surface area contributed by atoms with Gasteiger partial charge in [-0.1, -0.05) is 215 Å². The first-order valence-electron chi connectivity index (χ1n) is 38.9. The third-order valence-corrected chi connectivity index (χ3v) is 26.0. The number of hydrogen-bond donors (Lipinski definition) is 2. The predicted octanol–water partition coefficient (Wildman–Crippen LogP) is 20.3. The molecular formula is C97H94O11. The van der Waals surface area contributed by atoms with Crippen molar-refractivity contribution in [2.75, 3.05) is 13.2 Å². The maximum atomic E-state index is 14.1. The molecule has 4 fully saturated rings. The van der Waals surface area contributed by atoms with E-state index in [4.69, 9.17) is 23.7 Å². The van der Waals surface area contributed by atoms with Crippen LogP contribution in [0.5, 0.6) is 23.0 Å². The largest absolute Gasteiger partial charge is 0.508 e. The number of phenolic OH excluding ortho intramolecular Hbond substituents is 2. The summed E-state index contributed by atoms with van der Waals surface area (Å²) in [6.07, 6.45) is 4.44. The minimum absolute atomic E-state index is 0.0589. The Kier molecular flexibility index (Phi) is 19.2. The van der Waals surface area contributed by atoms with Gasteiger partial charge in [0.25, 0.3) is 0 Å². The number of rotatable bonds is 17. The van der Waals surface area contributed by atoms with E-state index in [-0.39, 0.29) is 76.1 Å². The number of phenols is 2. The molecule has 10 aromatic rings. The van der Waals surface area contributed by atoms with Gasteiger partial charge in [-0.15, -0.1) is 0 Å². The van der Waals surface area contributed by atoms with E-state index in [1.54, 1.807) is 24.3 Å². The van der Waals surface area contributed by atoms with Crippen LogP contribution in [0.1, 0.15) is 190 Å². The number of benzene rings is 10. The van der Waals surface area contributed by atoms with Gasteiger partial charge in [0.1, 0.15) is 40.3 Å². The Morgan fingerprint density at radius 3 is 1.30 bits per heavy atom. The van der Waals surface area contributed by atoms with Gasteiger partial charge in [-0.05, 0) is 226 Å². The number of hydrogen-bond acceptors (Lipinski definition) is 11. The molecule has 548 valence electrons. The summed E-state index contributed by atoms with van der Waals surface area (Å²) in [7, 11) is 0. The summed E-state index contributed by atoms with van der Waals surface area (Å²) < 4.78 is 29.9. The number of aromatic hydroxyl groups is 2. The zero-order valence-electron chi connectivity index (χ0n) is 62.6. The zero-order chi connectivity index (χ0) is 74.8. The molecule has 0 saturated heterocycles. The number of Topliss-reactive ketones (excluding diaryl/α,β-unsaturated/α-hetero) is 3. The van der Waals surface area contributed by atoms with Crippen LogP contribution in [0.25, 0.3) is 22.3 Å². The summed E-state index contributed by atoms with van der Waals surface area (Å²) in [4.78, 5) is 53.2. The second-order valence-electron chi connectivity index (χ2n) is 31.4. The molecule has 17 rings (SSSR count). The van der Waals surface area contributed by atoms with Crippen LogP contribution in [0.2, 0.25) is 0 Å². The quantitative estimate of drug-likeness (QED) is 0.0661. The third-order valence-electron chi connectivity index (χ3n) is 26.0. The number of ketones is 3. The van der Waals surface area contributed by atoms with E-state index in [2.05, 4.69) is 154 Å². The minimum atomic E-state index is -0.790. The maximum absolute atomic E-state index is 14.1. The monoisotopic (exact) mass is 1430 g/mol. The summed E-state index contributed by atoms with van der Waals surface area (Å²) >= 11 is 0. The molecule has 0 amide bonds. The van der Waals surface area contributed by atoms with Crippen molar-refractivity contribution in [3.63, 3.8) is 0 Å². The molecule has 0 bridgehead atoms. The van der Waals surface area contributed by atoms with Crippen LogP contribution in [0, 0.1) is 46.3 Å². The minimum Gasteiger partial charge on any atom is -0.508 e. The molecule has 7 aliphatic rings. The molecule has 4 saturated carbocycles. The fourth-order valence-corrected chi connectivity index (χ4v) is 21.1. The van der Waals surface area contributed by atoms with Gasteiger partial charge in [0, 0.05) is 67.8 Å². The number of fused-ring (bicyclic) bond motifs is 12. The van der Waals surface area contributed by atoms with Gasteiger partial charge >= 0.3 is 5.97 Å². The van der Waals surface area contributed by atoms with E-state index in [1.165, 1.54) is 0 Å². The first-order chi connectivity index (χ1) is 52.4. The highest BCUT2D eigenvalue weighted by Crippen LogP contribution is 2.67. The Morgan fingerprint density at radius 2 is 0.870 bits per heavy atom. The lowest BCUT2D eigenvalue weighted by molar-refractivity contribution is -0.166. The van der Waals surface area contributed by atoms with Crippen molar-refractivity contribution in [3.05, 3.63) is 321 Å². The van der Waals surface area contributed by atoms with Gasteiger partial charge in [-0.3, -0.25) is 19.2 Å². The van der Waals surface area contributed by atoms with Crippen molar-refractivity contribution < 1.29 is 53.1 Å². The van der Waals surface area contributed by atoms with Gasteiger partial charge in [0.15, 0.2) is 18.7 Å². The molecule has 11 heteroatoms. The fourth-order valence-electron chi connectivity index (χ4n) is 21.1. The average molecular weight is 1440 g/mol. The Bertz CT molecular complexity index is 4760. The lowest BCUT2D eigenvalue weighted by Crippen LogP contribution is -2.60. The first-order valence-corrected chi connectivity index (χ1v) is 38.9. The third kappa shape index (κ3) is 11.9. The molecule has 108 heavy (non-hydrogen) atoms. The molecule has 2 N–H and O–H groups in total. The van der Waals surface area contributed by atoms with Crippen molar-refractivity contribution >= 4 is 34.5 Å². The van der Waals surface area contributed by atoms with Gasteiger partial charge < -0.3 is 33.9 Å². The molecule has 7 aliphatic carbocycles. The van der Waals surface area contributed by atoms with E-state index in [9.17, 15) is 29.4 Å². The van der Waals surface area contributed by atoms with Crippen LogP contribution in [0.4, 0.5) is 0 Å².